The fourth-order valence-electron chi connectivity index (χ4n) is 2.83. The van der Waals surface area contributed by atoms with E-state index in [-0.39, 0.29) is 5.75 Å². The maximum atomic E-state index is 12.0. The summed E-state index contributed by atoms with van der Waals surface area (Å²) in [5, 5.41) is 7.49. The highest BCUT2D eigenvalue weighted by Gasteiger charge is 2.12. The van der Waals surface area contributed by atoms with Gasteiger partial charge in [0.2, 0.25) is 10.0 Å². The van der Waals surface area contributed by atoms with Gasteiger partial charge in [-0.25, -0.2) is 22.6 Å². The number of ether oxygens (including phenoxy) is 1. The second kappa shape index (κ2) is 6.93. The van der Waals surface area contributed by atoms with Gasteiger partial charge in [0.15, 0.2) is 5.65 Å². The third kappa shape index (κ3) is 3.63. The molecular weight excluding hydrogens is 354 g/mol. The minimum Gasteiger partial charge on any atom is -0.494 e. The molecule has 0 atom stereocenters. The normalized spacial score (nSPS) is 17.5. The first kappa shape index (κ1) is 16.8. The van der Waals surface area contributed by atoms with E-state index in [2.05, 4.69) is 20.1 Å². The van der Waals surface area contributed by atoms with Gasteiger partial charge in [-0.05, 0) is 30.2 Å². The van der Waals surface area contributed by atoms with Gasteiger partial charge >= 0.3 is 0 Å². The van der Waals surface area contributed by atoms with Crippen molar-refractivity contribution < 1.29 is 13.2 Å². The number of fused-ring (bicyclic) bond motifs is 4. The molecule has 136 valence electrons. The van der Waals surface area contributed by atoms with E-state index < -0.39 is 10.0 Å². The number of sulfonamides is 1. The van der Waals surface area contributed by atoms with Gasteiger partial charge < -0.3 is 10.1 Å². The molecule has 3 heterocycles. The summed E-state index contributed by atoms with van der Waals surface area (Å²) in [5.74, 6) is 1.39. The number of hydrogen-bond acceptors (Lipinski definition) is 6. The third-order valence-electron chi connectivity index (χ3n) is 4.09. The van der Waals surface area contributed by atoms with Crippen molar-refractivity contribution in [1.82, 2.24) is 19.3 Å². The quantitative estimate of drug-likeness (QED) is 0.620. The molecule has 1 aliphatic heterocycles. The van der Waals surface area contributed by atoms with Crippen LogP contribution in [0.2, 0.25) is 0 Å². The number of anilines is 1. The van der Waals surface area contributed by atoms with Crippen LogP contribution in [0.15, 0.2) is 42.7 Å². The predicted molar refractivity (Wildman–Crippen MR) is 98.8 cm³/mol. The Balaban J connectivity index is 1.73. The predicted octanol–water partition coefficient (Wildman–Crippen LogP) is 1.51. The number of hydrogen-bond donors (Lipinski definition) is 2. The number of rotatable bonds is 0. The van der Waals surface area contributed by atoms with Crippen molar-refractivity contribution in [2.45, 2.75) is 6.42 Å². The van der Waals surface area contributed by atoms with Crippen LogP contribution in [0.5, 0.6) is 5.75 Å². The molecule has 0 amide bonds. The first-order valence-corrected chi connectivity index (χ1v) is 10.0. The summed E-state index contributed by atoms with van der Waals surface area (Å²) < 4.78 is 34.0. The second-order valence-electron chi connectivity index (χ2n) is 6.01. The van der Waals surface area contributed by atoms with E-state index in [1.165, 1.54) is 0 Å². The summed E-state index contributed by atoms with van der Waals surface area (Å²) >= 11 is 0. The number of benzene rings is 1. The average Bonchev–Trinajstić information content (AvgIpc) is 3.05. The molecule has 3 aromatic rings. The second-order valence-corrected chi connectivity index (χ2v) is 7.94. The molecule has 26 heavy (non-hydrogen) atoms. The first-order valence-electron chi connectivity index (χ1n) is 8.40. The van der Waals surface area contributed by atoms with Gasteiger partial charge in [-0.3, -0.25) is 0 Å². The zero-order chi connectivity index (χ0) is 18.0. The molecule has 1 aliphatic rings. The van der Waals surface area contributed by atoms with E-state index in [1.54, 1.807) is 16.8 Å². The molecule has 2 aromatic heterocycles. The van der Waals surface area contributed by atoms with Crippen molar-refractivity contribution in [3.63, 3.8) is 0 Å². The lowest BCUT2D eigenvalue weighted by molar-refractivity contribution is 0.317. The summed E-state index contributed by atoms with van der Waals surface area (Å²) in [7, 11) is -3.31. The lowest BCUT2D eigenvalue weighted by Gasteiger charge is -2.11. The third-order valence-corrected chi connectivity index (χ3v) is 5.56. The van der Waals surface area contributed by atoms with Crippen LogP contribution in [0.3, 0.4) is 0 Å². The van der Waals surface area contributed by atoms with Gasteiger partial charge in [-0.2, -0.15) is 5.10 Å². The summed E-state index contributed by atoms with van der Waals surface area (Å²) in [6, 6.07) is 9.45. The van der Waals surface area contributed by atoms with Gasteiger partial charge in [-0.15, -0.1) is 0 Å². The molecule has 1 aromatic carbocycles. The molecule has 4 rings (SSSR count). The van der Waals surface area contributed by atoms with Crippen molar-refractivity contribution in [3.05, 3.63) is 42.7 Å². The lowest BCUT2D eigenvalue weighted by atomic mass is 10.1. The number of nitrogens with one attached hydrogen (secondary N) is 2. The molecule has 9 heteroatoms. The van der Waals surface area contributed by atoms with E-state index in [9.17, 15) is 8.42 Å². The summed E-state index contributed by atoms with van der Waals surface area (Å²) in [6.45, 7) is 1.07. The largest absolute Gasteiger partial charge is 0.494 e. The van der Waals surface area contributed by atoms with E-state index >= 15 is 0 Å². The zero-order valence-electron chi connectivity index (χ0n) is 14.1. The van der Waals surface area contributed by atoms with E-state index in [0.717, 1.165) is 16.8 Å². The smallest absolute Gasteiger partial charge is 0.211 e. The maximum absolute atomic E-state index is 12.0. The minimum absolute atomic E-state index is 0.0322. The van der Waals surface area contributed by atoms with Crippen LogP contribution in [0, 0.1) is 0 Å². The SMILES string of the molecule is O=S1(=O)CCCOc2cccc(c2)-c2cnn3ccc(nc23)NCCN1. The molecule has 8 nitrogen and oxygen atoms in total. The van der Waals surface area contributed by atoms with Crippen molar-refractivity contribution >= 4 is 21.5 Å². The van der Waals surface area contributed by atoms with Crippen molar-refractivity contribution in [1.29, 1.82) is 0 Å². The fraction of sp³-hybridized carbons (Fsp3) is 0.294. The van der Waals surface area contributed by atoms with Crippen LogP contribution in [-0.2, 0) is 10.0 Å². The molecule has 0 spiro atoms. The maximum Gasteiger partial charge on any atom is 0.211 e. The summed E-state index contributed by atoms with van der Waals surface area (Å²) in [5.41, 5.74) is 2.58. The highest BCUT2D eigenvalue weighted by Crippen LogP contribution is 2.27. The highest BCUT2D eigenvalue weighted by molar-refractivity contribution is 7.89. The van der Waals surface area contributed by atoms with Crippen LogP contribution >= 0.6 is 0 Å². The zero-order valence-corrected chi connectivity index (χ0v) is 14.9. The number of nitrogens with zero attached hydrogens (tertiary/aromatic N) is 3. The van der Waals surface area contributed by atoms with Gasteiger partial charge in [0.1, 0.15) is 11.6 Å². The Kier molecular flexibility index (Phi) is 4.48. The highest BCUT2D eigenvalue weighted by atomic mass is 32.2. The molecule has 0 saturated carbocycles. The van der Waals surface area contributed by atoms with Crippen LogP contribution in [-0.4, -0.2) is 48.5 Å². The van der Waals surface area contributed by atoms with E-state index in [1.807, 2.05) is 30.5 Å². The van der Waals surface area contributed by atoms with Gasteiger partial charge in [0, 0.05) is 24.8 Å². The summed E-state index contributed by atoms with van der Waals surface area (Å²) in [4.78, 5) is 4.61. The Morgan fingerprint density at radius 1 is 1.19 bits per heavy atom. The Labute approximate surface area is 151 Å². The molecule has 0 fully saturated rings. The molecule has 2 N–H and O–H groups in total. The van der Waals surface area contributed by atoms with E-state index in [4.69, 9.17) is 4.74 Å². The fourth-order valence-corrected chi connectivity index (χ4v) is 3.89. The van der Waals surface area contributed by atoms with Gasteiger partial charge in [0.25, 0.3) is 0 Å². The minimum atomic E-state index is -3.31. The topological polar surface area (TPSA) is 97.6 Å². The van der Waals surface area contributed by atoms with Crippen molar-refractivity contribution in [2.75, 3.05) is 30.8 Å². The van der Waals surface area contributed by atoms with Crippen molar-refractivity contribution in [2.24, 2.45) is 0 Å². The molecule has 4 bridgehead atoms. The molecule has 0 saturated heterocycles. The Bertz CT molecular complexity index is 1030. The van der Waals surface area contributed by atoms with Crippen LogP contribution in [0.1, 0.15) is 6.42 Å². The Hall–Kier alpha value is -2.65. The van der Waals surface area contributed by atoms with Crippen LogP contribution in [0.25, 0.3) is 16.8 Å². The van der Waals surface area contributed by atoms with Crippen LogP contribution < -0.4 is 14.8 Å². The number of aromatic nitrogens is 3. The average molecular weight is 373 g/mol. The molecule has 0 radical (unpaired) electrons. The van der Waals surface area contributed by atoms with E-state index in [0.29, 0.717) is 37.7 Å². The molecule has 0 unspecified atom stereocenters. The van der Waals surface area contributed by atoms with Gasteiger partial charge in [-0.1, -0.05) is 12.1 Å². The van der Waals surface area contributed by atoms with Crippen LogP contribution in [0.4, 0.5) is 5.82 Å². The molecular formula is C17H19N5O3S. The first-order chi connectivity index (χ1) is 12.6. The van der Waals surface area contributed by atoms with Crippen molar-refractivity contribution in [3.8, 4) is 16.9 Å². The summed E-state index contributed by atoms with van der Waals surface area (Å²) in [6.07, 6.45) is 4.02. The van der Waals surface area contributed by atoms with Gasteiger partial charge in [0.05, 0.1) is 18.6 Å². The standard InChI is InChI=1S/C17H19N5O3S/c23-26(24)10-2-9-25-14-4-1-3-13(11-14)15-12-19-22-8-5-16(21-17(15)22)18-6-7-20-26/h1,3-5,8,11-12,20H,2,6-7,9-10H2,(H,18,21). The Morgan fingerprint density at radius 2 is 2.12 bits per heavy atom. The monoisotopic (exact) mass is 373 g/mol. The molecule has 0 aliphatic carbocycles. The Morgan fingerprint density at radius 3 is 3.04 bits per heavy atom. The lowest BCUT2D eigenvalue weighted by Crippen LogP contribution is -2.31.